The highest BCUT2D eigenvalue weighted by atomic mass is 28.4. The van der Waals surface area contributed by atoms with E-state index in [1.54, 1.807) is 23.1 Å². The van der Waals surface area contributed by atoms with Crippen LogP contribution in [0.15, 0.2) is 72.8 Å². The fourth-order valence-corrected chi connectivity index (χ4v) is 8.34. The maximum atomic E-state index is 14.1. The van der Waals surface area contributed by atoms with Gasteiger partial charge in [0.15, 0.2) is 18.3 Å². The van der Waals surface area contributed by atoms with Crippen molar-refractivity contribution in [3.8, 4) is 5.75 Å². The fraction of sp³-hybridized carbons (Fsp3) is 0.457. The molecular formula is C46H55F2NO12Si. The molecule has 2 aliphatic heterocycles. The van der Waals surface area contributed by atoms with Gasteiger partial charge in [-0.15, -0.1) is 0 Å². The summed E-state index contributed by atoms with van der Waals surface area (Å²) in [5.41, 5.74) is 2.25. The van der Waals surface area contributed by atoms with Gasteiger partial charge in [-0.25, -0.2) is 8.78 Å². The minimum atomic E-state index is -2.59. The van der Waals surface area contributed by atoms with Crippen molar-refractivity contribution in [2.24, 2.45) is 5.92 Å². The minimum absolute atomic E-state index is 0.199. The summed E-state index contributed by atoms with van der Waals surface area (Å²) >= 11 is 0. The number of nitrogens with zero attached hydrogens (tertiary/aromatic N) is 1. The number of halogens is 2. The number of hydrogen-bond acceptors (Lipinski definition) is 12. The van der Waals surface area contributed by atoms with Crippen molar-refractivity contribution in [2.45, 2.75) is 122 Å². The number of benzene rings is 3. The van der Waals surface area contributed by atoms with Crippen molar-refractivity contribution in [2.75, 3.05) is 11.5 Å². The van der Waals surface area contributed by atoms with Crippen LogP contribution in [0.25, 0.3) is 6.08 Å². The number of aliphatic hydroxyl groups excluding tert-OH is 1. The summed E-state index contributed by atoms with van der Waals surface area (Å²) < 4.78 is 63.0. The molecule has 3 aromatic carbocycles. The molecule has 0 bridgehead atoms. The van der Waals surface area contributed by atoms with E-state index in [0.717, 1.165) is 20.8 Å². The van der Waals surface area contributed by atoms with Crippen LogP contribution in [0.3, 0.4) is 0 Å². The monoisotopic (exact) mass is 879 g/mol. The molecule has 2 unspecified atom stereocenters. The molecule has 3 aromatic rings. The van der Waals surface area contributed by atoms with Gasteiger partial charge < -0.3 is 38.1 Å². The molecule has 2 fully saturated rings. The quantitative estimate of drug-likeness (QED) is 0.0686. The Morgan fingerprint density at radius 1 is 0.823 bits per heavy atom. The van der Waals surface area contributed by atoms with E-state index >= 15 is 0 Å². The normalized spacial score (nSPS) is 23.3. The highest BCUT2D eigenvalue weighted by Gasteiger charge is 2.52. The maximum Gasteiger partial charge on any atom is 0.303 e. The predicted molar refractivity (Wildman–Crippen MR) is 226 cm³/mol. The lowest BCUT2D eigenvalue weighted by molar-refractivity contribution is -0.244. The first-order valence-electron chi connectivity index (χ1n) is 20.4. The zero-order valence-corrected chi connectivity index (χ0v) is 37.4. The molecule has 2 heterocycles. The van der Waals surface area contributed by atoms with Crippen LogP contribution in [-0.2, 0) is 47.7 Å². The van der Waals surface area contributed by atoms with E-state index in [1.807, 2.05) is 12.1 Å². The van der Waals surface area contributed by atoms with Crippen LogP contribution in [0.5, 0.6) is 5.75 Å². The fourth-order valence-electron chi connectivity index (χ4n) is 7.30. The molecule has 0 aliphatic carbocycles. The van der Waals surface area contributed by atoms with Crippen LogP contribution in [0, 0.1) is 17.6 Å². The van der Waals surface area contributed by atoms with Crippen LogP contribution in [0.4, 0.5) is 14.5 Å². The number of β-lactam (4-membered cyclic amide) rings is 1. The summed E-state index contributed by atoms with van der Waals surface area (Å²) in [7, 11) is -2.59. The van der Waals surface area contributed by atoms with Crippen LogP contribution in [-0.4, -0.2) is 80.3 Å². The molecule has 62 heavy (non-hydrogen) atoms. The van der Waals surface area contributed by atoms with Crippen LogP contribution < -0.4 is 9.33 Å². The number of amides is 1. The van der Waals surface area contributed by atoms with Gasteiger partial charge in [-0.1, -0.05) is 57.2 Å². The van der Waals surface area contributed by atoms with Crippen molar-refractivity contribution in [1.29, 1.82) is 0 Å². The Hall–Kier alpha value is -5.45. The predicted octanol–water partition coefficient (Wildman–Crippen LogP) is 7.71. The average molecular weight is 880 g/mol. The minimum Gasteiger partial charge on any atom is -0.543 e. The van der Waals surface area contributed by atoms with Gasteiger partial charge in [0.05, 0.1) is 18.1 Å². The van der Waals surface area contributed by atoms with Gasteiger partial charge in [-0.05, 0) is 84.6 Å². The molecule has 2 saturated heterocycles. The van der Waals surface area contributed by atoms with Gasteiger partial charge in [0.1, 0.15) is 36.2 Å². The zero-order chi connectivity index (χ0) is 45.7. The van der Waals surface area contributed by atoms with Gasteiger partial charge >= 0.3 is 23.9 Å². The van der Waals surface area contributed by atoms with Gasteiger partial charge in [0.25, 0.3) is 0 Å². The Bertz CT molecular complexity index is 2140. The maximum absolute atomic E-state index is 14.1. The number of esters is 4. The Kier molecular flexibility index (Phi) is 15.1. The van der Waals surface area contributed by atoms with E-state index in [4.69, 9.17) is 28.1 Å². The average Bonchev–Trinajstić information content (AvgIpc) is 3.17. The third-order valence-electron chi connectivity index (χ3n) is 11.4. The molecule has 16 heteroatoms. The van der Waals surface area contributed by atoms with Gasteiger partial charge in [0, 0.05) is 38.9 Å². The first-order valence-corrected chi connectivity index (χ1v) is 23.3. The van der Waals surface area contributed by atoms with Crippen LogP contribution >= 0.6 is 0 Å². The second-order valence-electron chi connectivity index (χ2n) is 17.1. The Morgan fingerprint density at radius 3 is 1.95 bits per heavy atom. The number of hydrogen-bond donors (Lipinski definition) is 1. The lowest BCUT2D eigenvalue weighted by Crippen LogP contribution is -2.61. The van der Waals surface area contributed by atoms with Crippen LogP contribution in [0.2, 0.25) is 18.1 Å². The van der Waals surface area contributed by atoms with E-state index in [1.165, 1.54) is 55.5 Å². The summed E-state index contributed by atoms with van der Waals surface area (Å²) in [5, 5.41) is 10.8. The number of aliphatic hydroxyl groups is 1. The molecule has 0 spiro atoms. The molecule has 334 valence electrons. The van der Waals surface area contributed by atoms with E-state index in [0.29, 0.717) is 28.1 Å². The topological polar surface area (TPSA) is 164 Å². The van der Waals surface area contributed by atoms with Crippen molar-refractivity contribution in [1.82, 2.24) is 0 Å². The Labute approximate surface area is 361 Å². The SMILES string of the molecule is CC(=O)OCC1O[C@@H](/C=C/c2ccc([C@@H]3[C@@H](CC[C@H](O)c4ccc(F)cc4)C(=O)N3c3ccc(F)cc3)c(O[Si](C)(C)C(C)(C)C)c2)C(OC(C)=O)[C@@H](OC(C)=O)[C@@H]1OC(C)=O. The summed E-state index contributed by atoms with van der Waals surface area (Å²) in [6.45, 7) is 14.7. The summed E-state index contributed by atoms with van der Waals surface area (Å²) in [6.07, 6.45) is -3.45. The number of anilines is 1. The van der Waals surface area contributed by atoms with Crippen molar-refractivity contribution < 1.29 is 66.0 Å². The summed E-state index contributed by atoms with van der Waals surface area (Å²) in [5.74, 6) is -4.13. The van der Waals surface area contributed by atoms with E-state index < -0.39 is 92.4 Å². The van der Waals surface area contributed by atoms with E-state index in [-0.39, 0.29) is 30.4 Å². The molecule has 5 rings (SSSR count). The molecule has 2 aliphatic rings. The first-order chi connectivity index (χ1) is 29.1. The highest BCUT2D eigenvalue weighted by Crippen LogP contribution is 2.50. The van der Waals surface area contributed by atoms with Crippen molar-refractivity contribution in [3.63, 3.8) is 0 Å². The van der Waals surface area contributed by atoms with Gasteiger partial charge in [-0.3, -0.25) is 24.0 Å². The Morgan fingerprint density at radius 2 is 1.39 bits per heavy atom. The molecule has 0 radical (unpaired) electrons. The van der Waals surface area contributed by atoms with Crippen molar-refractivity contribution in [3.05, 3.63) is 101 Å². The molecular weight excluding hydrogens is 825 g/mol. The van der Waals surface area contributed by atoms with Gasteiger partial charge in [0.2, 0.25) is 14.2 Å². The zero-order valence-electron chi connectivity index (χ0n) is 36.4. The number of carbonyl (C=O) groups is 5. The lowest BCUT2D eigenvalue weighted by atomic mass is 9.77. The number of carbonyl (C=O) groups excluding carboxylic acids is 5. The van der Waals surface area contributed by atoms with E-state index in [2.05, 4.69) is 33.9 Å². The molecule has 8 atom stereocenters. The second-order valence-corrected chi connectivity index (χ2v) is 21.8. The van der Waals surface area contributed by atoms with Crippen LogP contribution in [0.1, 0.15) is 90.1 Å². The smallest absolute Gasteiger partial charge is 0.303 e. The first kappa shape index (κ1) is 47.6. The molecule has 13 nitrogen and oxygen atoms in total. The van der Waals surface area contributed by atoms with Crippen molar-refractivity contribution >= 4 is 49.9 Å². The molecule has 1 amide bonds. The second kappa shape index (κ2) is 19.7. The summed E-state index contributed by atoms with van der Waals surface area (Å²) in [4.78, 5) is 64.5. The highest BCUT2D eigenvalue weighted by molar-refractivity contribution is 6.74. The Balaban J connectivity index is 1.58. The summed E-state index contributed by atoms with van der Waals surface area (Å²) in [6, 6.07) is 16.0. The van der Waals surface area contributed by atoms with Gasteiger partial charge in [-0.2, -0.15) is 0 Å². The largest absolute Gasteiger partial charge is 0.543 e. The standard InChI is InChI=1S/C46H55F2NO12Si/c1-26(50)56-25-40-43(58-28(3)52)44(59-29(4)53)42(57-27(2)51)38(60-40)23-11-30-10-20-35(39(24-30)61-62(8,9)46(5,6)7)41-36(21-22-37(54)31-12-14-32(47)15-13-31)45(55)49(41)34-18-16-33(48)17-19-34/h10-20,23-24,36-38,40-44,54H,21-22,25H2,1-9H3/b23-11+/t36-,37+,38+,40?,41-,42?,43-,44-/m1/s1. The third kappa shape index (κ3) is 11.5. The number of ether oxygens (including phenoxy) is 5. The molecule has 0 saturated carbocycles. The van der Waals surface area contributed by atoms with E-state index in [9.17, 15) is 37.9 Å². The third-order valence-corrected chi connectivity index (χ3v) is 15.7. The lowest BCUT2D eigenvalue weighted by Gasteiger charge is -2.49. The number of rotatable bonds is 15. The molecule has 1 N–H and O–H groups in total. The molecule has 0 aromatic heterocycles.